The second-order valence-corrected chi connectivity index (χ2v) is 2.77. The van der Waals surface area contributed by atoms with Crippen LogP contribution in [0.4, 0.5) is 4.79 Å². The molecule has 0 aromatic heterocycles. The minimum absolute atomic E-state index is 0.226. The molecule has 3 heteroatoms. The number of hydrogen-bond donors (Lipinski definition) is 0. The zero-order valence-electron chi connectivity index (χ0n) is 7.45. The van der Waals surface area contributed by atoms with E-state index in [0.29, 0.717) is 6.61 Å². The maximum Gasteiger partial charge on any atom is 0.413 e. The van der Waals surface area contributed by atoms with Crippen LogP contribution >= 0.6 is 0 Å². The molecular weight excluding hydrogens is 154 g/mol. The quantitative estimate of drug-likeness (QED) is 0.602. The van der Waals surface area contributed by atoms with Gasteiger partial charge in [-0.1, -0.05) is 6.08 Å². The molecule has 0 aromatic carbocycles. The zero-order valence-corrected chi connectivity index (χ0v) is 7.45. The second-order valence-electron chi connectivity index (χ2n) is 2.77. The fourth-order valence-electron chi connectivity index (χ4n) is 1.18. The third-order valence-corrected chi connectivity index (χ3v) is 1.81. The molecule has 0 atom stereocenters. The van der Waals surface area contributed by atoms with Gasteiger partial charge in [-0.3, -0.25) is 4.90 Å². The van der Waals surface area contributed by atoms with Crippen LogP contribution in [0, 0.1) is 0 Å². The van der Waals surface area contributed by atoms with Crippen molar-refractivity contribution in [3.63, 3.8) is 0 Å². The molecule has 0 spiro atoms. The first-order chi connectivity index (χ1) is 5.84. The number of carbonyl (C=O) groups excluding carboxylic acids is 1. The first-order valence-corrected chi connectivity index (χ1v) is 4.44. The number of amides is 1. The molecule has 1 heterocycles. The zero-order chi connectivity index (χ0) is 8.81. The number of hydrogen-bond acceptors (Lipinski definition) is 2. The molecule has 0 fully saturated rings. The van der Waals surface area contributed by atoms with Crippen LogP contribution in [0.15, 0.2) is 12.3 Å². The van der Waals surface area contributed by atoms with E-state index < -0.39 is 0 Å². The Morgan fingerprint density at radius 1 is 1.58 bits per heavy atom. The standard InChI is InChI=1S/C9H15NO2/c1-2-12-9(11)10-7-5-3-4-6-8-10/h5,7H,2-4,6,8H2,1H3. The Balaban J connectivity index is 2.42. The molecule has 68 valence electrons. The first kappa shape index (κ1) is 9.10. The van der Waals surface area contributed by atoms with Gasteiger partial charge in [-0.15, -0.1) is 0 Å². The Morgan fingerprint density at radius 3 is 3.17 bits per heavy atom. The van der Waals surface area contributed by atoms with Crippen LogP contribution in [0.3, 0.4) is 0 Å². The van der Waals surface area contributed by atoms with E-state index in [1.54, 1.807) is 4.90 Å². The van der Waals surface area contributed by atoms with E-state index in [1.807, 2.05) is 19.2 Å². The molecule has 1 rings (SSSR count). The summed E-state index contributed by atoms with van der Waals surface area (Å²) in [7, 11) is 0. The lowest BCUT2D eigenvalue weighted by Crippen LogP contribution is -2.26. The Morgan fingerprint density at radius 2 is 2.42 bits per heavy atom. The van der Waals surface area contributed by atoms with Crippen LogP contribution in [-0.2, 0) is 4.74 Å². The lowest BCUT2D eigenvalue weighted by atomic mass is 10.2. The van der Waals surface area contributed by atoms with E-state index in [4.69, 9.17) is 4.74 Å². The van der Waals surface area contributed by atoms with E-state index in [0.717, 1.165) is 25.8 Å². The van der Waals surface area contributed by atoms with E-state index in [2.05, 4.69) is 0 Å². The molecule has 0 N–H and O–H groups in total. The summed E-state index contributed by atoms with van der Waals surface area (Å²) in [5, 5.41) is 0. The van der Waals surface area contributed by atoms with Gasteiger partial charge in [0.2, 0.25) is 0 Å². The van der Waals surface area contributed by atoms with Gasteiger partial charge in [0, 0.05) is 12.7 Å². The Labute approximate surface area is 73.0 Å². The van der Waals surface area contributed by atoms with Gasteiger partial charge in [0.05, 0.1) is 6.61 Å². The number of nitrogens with zero attached hydrogens (tertiary/aromatic N) is 1. The van der Waals surface area contributed by atoms with Gasteiger partial charge in [0.1, 0.15) is 0 Å². The van der Waals surface area contributed by atoms with Gasteiger partial charge in [-0.05, 0) is 26.2 Å². The molecule has 3 nitrogen and oxygen atoms in total. The summed E-state index contributed by atoms with van der Waals surface area (Å²) < 4.78 is 4.87. The van der Waals surface area contributed by atoms with E-state index in [9.17, 15) is 4.79 Å². The highest BCUT2D eigenvalue weighted by molar-refractivity contribution is 5.68. The van der Waals surface area contributed by atoms with E-state index >= 15 is 0 Å². The van der Waals surface area contributed by atoms with E-state index in [1.165, 1.54) is 0 Å². The predicted octanol–water partition coefficient (Wildman–Crippen LogP) is 2.14. The fraction of sp³-hybridized carbons (Fsp3) is 0.667. The molecule has 0 aromatic rings. The summed E-state index contributed by atoms with van der Waals surface area (Å²) in [4.78, 5) is 12.8. The highest BCUT2D eigenvalue weighted by Crippen LogP contribution is 2.07. The molecule has 0 saturated carbocycles. The van der Waals surface area contributed by atoms with Crippen LogP contribution < -0.4 is 0 Å². The molecule has 0 aliphatic carbocycles. The molecule has 1 amide bonds. The molecular formula is C9H15NO2. The lowest BCUT2D eigenvalue weighted by molar-refractivity contribution is 0.122. The van der Waals surface area contributed by atoms with Crippen molar-refractivity contribution in [3.05, 3.63) is 12.3 Å². The van der Waals surface area contributed by atoms with Crippen molar-refractivity contribution >= 4 is 6.09 Å². The van der Waals surface area contributed by atoms with Gasteiger partial charge in [-0.25, -0.2) is 4.79 Å². The fourth-order valence-corrected chi connectivity index (χ4v) is 1.18. The van der Waals surface area contributed by atoms with Crippen LogP contribution in [0.25, 0.3) is 0 Å². The number of carbonyl (C=O) groups is 1. The SMILES string of the molecule is CCOC(=O)N1C=CCCCC1. The molecule has 0 saturated heterocycles. The third-order valence-electron chi connectivity index (χ3n) is 1.81. The molecule has 0 bridgehead atoms. The van der Waals surface area contributed by atoms with Crippen molar-refractivity contribution in [2.45, 2.75) is 26.2 Å². The normalized spacial score (nSPS) is 17.2. The summed E-state index contributed by atoms with van der Waals surface area (Å²) in [5.74, 6) is 0. The monoisotopic (exact) mass is 169 g/mol. The van der Waals surface area contributed by atoms with Crippen LogP contribution in [0.1, 0.15) is 26.2 Å². The van der Waals surface area contributed by atoms with Crippen LogP contribution in [-0.4, -0.2) is 24.1 Å². The summed E-state index contributed by atoms with van der Waals surface area (Å²) in [6.45, 7) is 3.05. The van der Waals surface area contributed by atoms with Crippen molar-refractivity contribution in [2.75, 3.05) is 13.2 Å². The van der Waals surface area contributed by atoms with Crippen LogP contribution in [0.2, 0.25) is 0 Å². The van der Waals surface area contributed by atoms with Gasteiger partial charge in [0.15, 0.2) is 0 Å². The van der Waals surface area contributed by atoms with Crippen molar-refractivity contribution in [3.8, 4) is 0 Å². The van der Waals surface area contributed by atoms with Crippen molar-refractivity contribution < 1.29 is 9.53 Å². The Hall–Kier alpha value is -0.990. The average Bonchev–Trinajstić information content (AvgIpc) is 2.32. The smallest absolute Gasteiger partial charge is 0.413 e. The number of rotatable bonds is 1. The van der Waals surface area contributed by atoms with Crippen LogP contribution in [0.5, 0.6) is 0 Å². The summed E-state index contributed by atoms with van der Waals surface area (Å²) in [6, 6.07) is 0. The molecule has 0 unspecified atom stereocenters. The maximum atomic E-state index is 11.2. The van der Waals surface area contributed by atoms with Gasteiger partial charge in [0.25, 0.3) is 0 Å². The van der Waals surface area contributed by atoms with Crippen molar-refractivity contribution in [2.24, 2.45) is 0 Å². The minimum Gasteiger partial charge on any atom is -0.449 e. The summed E-state index contributed by atoms with van der Waals surface area (Å²) in [6.07, 6.45) is 6.90. The molecule has 0 radical (unpaired) electrons. The molecule has 12 heavy (non-hydrogen) atoms. The Kier molecular flexibility index (Phi) is 3.64. The highest BCUT2D eigenvalue weighted by Gasteiger charge is 2.11. The lowest BCUT2D eigenvalue weighted by Gasteiger charge is -2.15. The van der Waals surface area contributed by atoms with Gasteiger partial charge >= 0.3 is 6.09 Å². The first-order valence-electron chi connectivity index (χ1n) is 4.44. The summed E-state index contributed by atoms with van der Waals surface area (Å²) >= 11 is 0. The minimum atomic E-state index is -0.226. The topological polar surface area (TPSA) is 29.5 Å². The Bertz CT molecular complexity index is 177. The largest absolute Gasteiger partial charge is 0.449 e. The van der Waals surface area contributed by atoms with Crippen molar-refractivity contribution in [1.29, 1.82) is 0 Å². The molecule has 1 aliphatic rings. The summed E-state index contributed by atoms with van der Waals surface area (Å²) in [5.41, 5.74) is 0. The maximum absolute atomic E-state index is 11.2. The van der Waals surface area contributed by atoms with Gasteiger partial charge in [-0.2, -0.15) is 0 Å². The third kappa shape index (κ3) is 2.57. The molecule has 1 aliphatic heterocycles. The highest BCUT2D eigenvalue weighted by atomic mass is 16.6. The number of allylic oxidation sites excluding steroid dienone is 1. The number of ether oxygens (including phenoxy) is 1. The van der Waals surface area contributed by atoms with E-state index in [-0.39, 0.29) is 6.09 Å². The van der Waals surface area contributed by atoms with Gasteiger partial charge < -0.3 is 4.74 Å². The average molecular weight is 169 g/mol. The second kappa shape index (κ2) is 4.80. The van der Waals surface area contributed by atoms with Crippen molar-refractivity contribution in [1.82, 2.24) is 4.90 Å². The predicted molar refractivity (Wildman–Crippen MR) is 46.7 cm³/mol.